The van der Waals surface area contributed by atoms with Crippen molar-refractivity contribution < 1.29 is 9.59 Å². The van der Waals surface area contributed by atoms with Crippen LogP contribution in [0.1, 0.15) is 84.4 Å². The molecule has 2 N–H and O–H groups in total. The van der Waals surface area contributed by atoms with Gasteiger partial charge < -0.3 is 15.2 Å². The average Bonchev–Trinajstić information content (AvgIpc) is 3.68. The Morgan fingerprint density at radius 2 is 1.80 bits per heavy atom. The Bertz CT molecular complexity index is 1510. The Kier molecular flexibility index (Phi) is 9.27. The molecule has 4 aromatic rings. The van der Waals surface area contributed by atoms with Gasteiger partial charge in [-0.25, -0.2) is 4.98 Å². The number of amides is 1. The summed E-state index contributed by atoms with van der Waals surface area (Å²) in [5.74, 6) is 0.117. The lowest BCUT2D eigenvalue weighted by Gasteiger charge is -2.22. The molecule has 1 unspecified atom stereocenters. The molecular weight excluding hydrogens is 530 g/mol. The van der Waals surface area contributed by atoms with E-state index in [2.05, 4.69) is 21.7 Å². The molecule has 1 aliphatic carbocycles. The van der Waals surface area contributed by atoms with E-state index in [1.165, 1.54) is 30.6 Å². The van der Waals surface area contributed by atoms with Crippen molar-refractivity contribution in [3.05, 3.63) is 94.9 Å². The molecule has 1 saturated carbocycles. The monoisotopic (exact) mass is 565 g/mol. The summed E-state index contributed by atoms with van der Waals surface area (Å²) in [5.41, 5.74) is 4.30. The van der Waals surface area contributed by atoms with E-state index in [0.29, 0.717) is 18.5 Å². The summed E-state index contributed by atoms with van der Waals surface area (Å²) in [4.78, 5) is 32.1. The number of Topliss-reactive ketones (excluding diaryl/α,β-unsaturated/α-hetero) is 1. The van der Waals surface area contributed by atoms with Crippen molar-refractivity contribution in [2.45, 2.75) is 70.5 Å². The highest BCUT2D eigenvalue weighted by molar-refractivity contribution is 7.17. The smallest absolute Gasteiger partial charge is 0.261 e. The van der Waals surface area contributed by atoms with Gasteiger partial charge in [-0.05, 0) is 66.8 Å². The predicted octanol–water partition coefficient (Wildman–Crippen LogP) is 7.12. The molecule has 7 nitrogen and oxygen atoms in total. The maximum atomic E-state index is 13.3. The number of hydrogen-bond acceptors (Lipinski definition) is 6. The first-order valence-electron chi connectivity index (χ1n) is 14.3. The fourth-order valence-corrected chi connectivity index (χ4v) is 6.23. The quantitative estimate of drug-likeness (QED) is 0.202. The van der Waals surface area contributed by atoms with E-state index in [4.69, 9.17) is 5.26 Å². The molecule has 1 atom stereocenters. The zero-order valence-corrected chi connectivity index (χ0v) is 24.1. The largest absolute Gasteiger partial charge is 0.370 e. The van der Waals surface area contributed by atoms with Gasteiger partial charge in [0.15, 0.2) is 5.78 Å². The number of carbonyl (C=O) groups excluding carboxylic acids is 2. The number of ketones is 1. The Balaban J connectivity index is 1.29. The second-order valence-electron chi connectivity index (χ2n) is 10.6. The molecule has 0 radical (unpaired) electrons. The molecule has 2 aromatic carbocycles. The van der Waals surface area contributed by atoms with Gasteiger partial charge in [-0.3, -0.25) is 9.59 Å². The number of nitriles is 1. The zero-order valence-electron chi connectivity index (χ0n) is 23.3. The molecule has 0 spiro atoms. The lowest BCUT2D eigenvalue weighted by Crippen LogP contribution is -2.35. The molecule has 0 aliphatic heterocycles. The molecule has 2 heterocycles. The van der Waals surface area contributed by atoms with Crippen molar-refractivity contribution >= 4 is 28.7 Å². The number of aromatic nitrogens is 2. The summed E-state index contributed by atoms with van der Waals surface area (Å²) in [5, 5.41) is 15.7. The second-order valence-corrected chi connectivity index (χ2v) is 11.7. The van der Waals surface area contributed by atoms with Gasteiger partial charge >= 0.3 is 0 Å². The van der Waals surface area contributed by atoms with Crippen molar-refractivity contribution in [3.63, 3.8) is 0 Å². The van der Waals surface area contributed by atoms with Crippen molar-refractivity contribution in [3.8, 4) is 16.5 Å². The van der Waals surface area contributed by atoms with Crippen molar-refractivity contribution in [2.75, 3.05) is 5.32 Å². The van der Waals surface area contributed by atoms with Gasteiger partial charge in [0.2, 0.25) is 0 Å². The number of imidazole rings is 1. The highest BCUT2D eigenvalue weighted by Gasteiger charge is 2.24. The van der Waals surface area contributed by atoms with E-state index in [9.17, 15) is 9.59 Å². The molecule has 41 heavy (non-hydrogen) atoms. The molecule has 0 bridgehead atoms. The van der Waals surface area contributed by atoms with Crippen molar-refractivity contribution in [1.82, 2.24) is 14.9 Å². The first-order chi connectivity index (χ1) is 20.0. The molecule has 8 heteroatoms. The van der Waals surface area contributed by atoms with E-state index in [1.807, 2.05) is 60.0 Å². The average molecular weight is 566 g/mol. The summed E-state index contributed by atoms with van der Waals surface area (Å²) < 4.78 is 1.98. The van der Waals surface area contributed by atoms with Gasteiger partial charge in [0.25, 0.3) is 5.91 Å². The fourth-order valence-electron chi connectivity index (χ4n) is 5.31. The van der Waals surface area contributed by atoms with E-state index < -0.39 is 6.04 Å². The maximum Gasteiger partial charge on any atom is 0.261 e. The van der Waals surface area contributed by atoms with Crippen LogP contribution in [-0.2, 0) is 11.3 Å². The van der Waals surface area contributed by atoms with Crippen LogP contribution in [0.4, 0.5) is 5.69 Å². The number of anilines is 1. The van der Waals surface area contributed by atoms with E-state index in [0.717, 1.165) is 51.5 Å². The van der Waals surface area contributed by atoms with Crippen LogP contribution < -0.4 is 10.6 Å². The van der Waals surface area contributed by atoms with Crippen LogP contribution in [0, 0.1) is 11.3 Å². The molecule has 1 fully saturated rings. The summed E-state index contributed by atoms with van der Waals surface area (Å²) >= 11 is 1.50. The fraction of sp³-hybridized carbons (Fsp3) is 0.333. The second kappa shape index (κ2) is 13.4. The third kappa shape index (κ3) is 7.11. The number of thiophene rings is 1. The topological polar surface area (TPSA) is 99.8 Å². The SMILES string of the molecule is CCCC(=O)C(Nc1ccc(-c2ccc(C(=O)NC3CCCCC3)s2)cc1)c1cncn1Cc1ccc(C#N)cc1. The van der Waals surface area contributed by atoms with Gasteiger partial charge in [-0.15, -0.1) is 11.3 Å². The maximum absolute atomic E-state index is 13.3. The van der Waals surface area contributed by atoms with Crippen LogP contribution in [-0.4, -0.2) is 27.3 Å². The van der Waals surface area contributed by atoms with Gasteiger partial charge in [-0.2, -0.15) is 5.26 Å². The zero-order chi connectivity index (χ0) is 28.6. The van der Waals surface area contributed by atoms with Crippen LogP contribution in [0.25, 0.3) is 10.4 Å². The van der Waals surface area contributed by atoms with Crippen LogP contribution >= 0.6 is 11.3 Å². The number of rotatable bonds is 11. The molecular formula is C33H35N5O2S. The third-order valence-corrected chi connectivity index (χ3v) is 8.68. The van der Waals surface area contributed by atoms with Crippen LogP contribution in [0.5, 0.6) is 0 Å². The van der Waals surface area contributed by atoms with Gasteiger partial charge in [-0.1, -0.05) is 50.5 Å². The van der Waals surface area contributed by atoms with Gasteiger partial charge in [0.05, 0.1) is 34.7 Å². The molecule has 210 valence electrons. The number of benzene rings is 2. The predicted molar refractivity (Wildman–Crippen MR) is 163 cm³/mol. The lowest BCUT2D eigenvalue weighted by atomic mass is 9.95. The standard InChI is InChI=1S/C33H35N5O2S/c1-2-6-29(39)32(28-20-35-22-38(28)21-24-11-9-23(19-34)10-12-24)36-27-15-13-25(14-16-27)30-17-18-31(41-30)33(40)37-26-7-4-3-5-8-26/h9-18,20,22,26,32,36H,2-8,21H2,1H3,(H,37,40). The number of nitrogens with one attached hydrogen (secondary N) is 2. The third-order valence-electron chi connectivity index (χ3n) is 7.55. The van der Waals surface area contributed by atoms with Crippen LogP contribution in [0.15, 0.2) is 73.2 Å². The van der Waals surface area contributed by atoms with Gasteiger partial charge in [0, 0.05) is 29.6 Å². The first kappa shape index (κ1) is 28.3. The van der Waals surface area contributed by atoms with E-state index in [1.54, 1.807) is 24.7 Å². The van der Waals surface area contributed by atoms with Crippen LogP contribution in [0.2, 0.25) is 0 Å². The number of carbonyl (C=O) groups is 2. The highest BCUT2D eigenvalue weighted by atomic mass is 32.1. The minimum Gasteiger partial charge on any atom is -0.370 e. The summed E-state index contributed by atoms with van der Waals surface area (Å²) in [6.07, 6.45) is 10.5. The first-order valence-corrected chi connectivity index (χ1v) is 15.1. The Labute approximate surface area is 245 Å². The summed E-state index contributed by atoms with van der Waals surface area (Å²) in [7, 11) is 0. The molecule has 1 aliphatic rings. The summed E-state index contributed by atoms with van der Waals surface area (Å²) in [6, 6.07) is 21.2. The Morgan fingerprint density at radius 1 is 1.05 bits per heavy atom. The Hall–Kier alpha value is -4.22. The lowest BCUT2D eigenvalue weighted by molar-refractivity contribution is -0.120. The molecule has 5 rings (SSSR count). The number of nitrogens with zero attached hydrogens (tertiary/aromatic N) is 3. The van der Waals surface area contributed by atoms with Gasteiger partial charge in [0.1, 0.15) is 6.04 Å². The normalized spacial score (nSPS) is 14.2. The van der Waals surface area contributed by atoms with Crippen molar-refractivity contribution in [2.24, 2.45) is 0 Å². The molecule has 0 saturated heterocycles. The van der Waals surface area contributed by atoms with Crippen molar-refractivity contribution in [1.29, 1.82) is 5.26 Å². The van der Waals surface area contributed by atoms with E-state index in [-0.39, 0.29) is 17.7 Å². The minimum atomic E-state index is -0.543. The minimum absolute atomic E-state index is 0.0151. The highest BCUT2D eigenvalue weighted by Crippen LogP contribution is 2.31. The molecule has 2 aromatic heterocycles. The summed E-state index contributed by atoms with van der Waals surface area (Å²) in [6.45, 7) is 2.55. The molecule has 1 amide bonds. The van der Waals surface area contributed by atoms with E-state index >= 15 is 0 Å². The van der Waals surface area contributed by atoms with Crippen LogP contribution in [0.3, 0.4) is 0 Å². The number of hydrogen-bond donors (Lipinski definition) is 2. The Morgan fingerprint density at radius 3 is 2.51 bits per heavy atom.